The lowest BCUT2D eigenvalue weighted by Crippen LogP contribution is -2.10. The number of nitrogens with one attached hydrogen (secondary N) is 1. The first kappa shape index (κ1) is 20.5. The zero-order valence-corrected chi connectivity index (χ0v) is 18.9. The van der Waals surface area contributed by atoms with Crippen molar-refractivity contribution in [3.63, 3.8) is 0 Å². The summed E-state index contributed by atoms with van der Waals surface area (Å²) in [5.41, 5.74) is 6.05. The van der Waals surface area contributed by atoms with Gasteiger partial charge >= 0.3 is 0 Å². The van der Waals surface area contributed by atoms with Crippen molar-refractivity contribution in [3.8, 4) is 40.0 Å². The Bertz CT molecular complexity index is 1410. The maximum atomic E-state index is 11.4. The van der Waals surface area contributed by atoms with Gasteiger partial charge in [-0.05, 0) is 31.0 Å². The van der Waals surface area contributed by atoms with Crippen molar-refractivity contribution in [2.45, 2.75) is 38.0 Å². The van der Waals surface area contributed by atoms with Crippen LogP contribution in [0.4, 0.5) is 0 Å². The summed E-state index contributed by atoms with van der Waals surface area (Å²) in [6.45, 7) is 0. The average molecular weight is 456 g/mol. The molecule has 34 heavy (non-hydrogen) atoms. The molecule has 0 aliphatic heterocycles. The maximum Gasteiger partial charge on any atom is 0.222 e. The fourth-order valence-corrected chi connectivity index (χ4v) is 5.11. The van der Waals surface area contributed by atoms with Crippen LogP contribution in [0.2, 0.25) is 0 Å². The second kappa shape index (κ2) is 8.37. The minimum atomic E-state index is 0.171. The number of H-pyrrole nitrogens is 1. The number of aromatic amines is 1. The summed E-state index contributed by atoms with van der Waals surface area (Å²) in [5.74, 6) is 1.05. The van der Waals surface area contributed by atoms with Crippen LogP contribution >= 0.6 is 0 Å². The summed E-state index contributed by atoms with van der Waals surface area (Å²) in [7, 11) is 1.60. The fourth-order valence-electron chi connectivity index (χ4n) is 5.11. The van der Waals surface area contributed by atoms with Crippen LogP contribution in [0.25, 0.3) is 39.1 Å². The minimum absolute atomic E-state index is 0.171. The Kier molecular flexibility index (Phi) is 5.05. The lowest BCUT2D eigenvalue weighted by Gasteiger charge is -2.24. The van der Waals surface area contributed by atoms with Gasteiger partial charge in [-0.2, -0.15) is 5.10 Å². The van der Waals surface area contributed by atoms with E-state index >= 15 is 0 Å². The molecule has 0 bridgehead atoms. The first-order valence-corrected chi connectivity index (χ1v) is 11.6. The molecule has 1 aromatic carbocycles. The Hall–Kier alpha value is -4.07. The third-order valence-electron chi connectivity index (χ3n) is 6.77. The SMILES string of the molecule is COc1ccc(-c2n[nH]c3c(O)n(-c4ccc(-c5ccon5)cc4)c(C4CCCCC4)c23)cn1. The quantitative estimate of drug-likeness (QED) is 0.346. The van der Waals surface area contributed by atoms with Crippen molar-refractivity contribution >= 4 is 10.9 Å². The molecule has 1 fully saturated rings. The Morgan fingerprint density at radius 3 is 2.50 bits per heavy atom. The molecular formula is C26H25N5O3. The summed E-state index contributed by atoms with van der Waals surface area (Å²) in [6, 6.07) is 13.6. The van der Waals surface area contributed by atoms with Crippen molar-refractivity contribution < 1.29 is 14.4 Å². The topological polar surface area (TPSA) is 102 Å². The van der Waals surface area contributed by atoms with Crippen molar-refractivity contribution in [2.75, 3.05) is 7.11 Å². The van der Waals surface area contributed by atoms with Gasteiger partial charge in [0.1, 0.15) is 23.2 Å². The Balaban J connectivity index is 1.53. The van der Waals surface area contributed by atoms with Gasteiger partial charge in [0.05, 0.1) is 12.5 Å². The molecule has 6 rings (SSSR count). The van der Waals surface area contributed by atoms with Gasteiger partial charge in [0.15, 0.2) is 0 Å². The Morgan fingerprint density at radius 2 is 1.82 bits per heavy atom. The van der Waals surface area contributed by atoms with E-state index in [9.17, 15) is 5.11 Å². The van der Waals surface area contributed by atoms with Crippen LogP contribution < -0.4 is 4.74 Å². The number of aromatic hydroxyl groups is 1. The molecule has 4 heterocycles. The predicted octanol–water partition coefficient (Wildman–Crippen LogP) is 5.83. The lowest BCUT2D eigenvalue weighted by atomic mass is 9.85. The molecule has 1 aliphatic rings. The van der Waals surface area contributed by atoms with Crippen LogP contribution in [-0.4, -0.2) is 37.1 Å². The fraction of sp³-hybridized carbons (Fsp3) is 0.269. The highest BCUT2D eigenvalue weighted by atomic mass is 16.5. The van der Waals surface area contributed by atoms with Crippen LogP contribution in [0, 0.1) is 0 Å². The second-order valence-corrected chi connectivity index (χ2v) is 8.72. The lowest BCUT2D eigenvalue weighted by molar-refractivity contribution is 0.398. The van der Waals surface area contributed by atoms with E-state index in [0.717, 1.165) is 52.1 Å². The number of nitrogens with zero attached hydrogens (tertiary/aromatic N) is 4. The van der Waals surface area contributed by atoms with E-state index < -0.39 is 0 Å². The van der Waals surface area contributed by atoms with Gasteiger partial charge in [0, 0.05) is 46.8 Å². The minimum Gasteiger partial charge on any atom is -0.493 e. The van der Waals surface area contributed by atoms with Crippen LogP contribution in [-0.2, 0) is 0 Å². The first-order chi connectivity index (χ1) is 16.7. The summed E-state index contributed by atoms with van der Waals surface area (Å²) in [5, 5.41) is 24.0. The molecule has 4 aromatic heterocycles. The highest BCUT2D eigenvalue weighted by Crippen LogP contribution is 2.45. The third kappa shape index (κ3) is 3.34. The molecule has 8 heteroatoms. The van der Waals surface area contributed by atoms with Crippen molar-refractivity contribution in [3.05, 3.63) is 60.6 Å². The molecule has 0 saturated heterocycles. The molecule has 1 aliphatic carbocycles. The van der Waals surface area contributed by atoms with E-state index in [1.54, 1.807) is 19.6 Å². The van der Waals surface area contributed by atoms with Gasteiger partial charge in [0.2, 0.25) is 11.8 Å². The van der Waals surface area contributed by atoms with Crippen molar-refractivity contribution in [2.24, 2.45) is 0 Å². The van der Waals surface area contributed by atoms with Crippen LogP contribution in [0.15, 0.2) is 59.4 Å². The number of ether oxygens (including phenoxy) is 1. The summed E-state index contributed by atoms with van der Waals surface area (Å²) in [6.07, 6.45) is 9.11. The number of benzene rings is 1. The predicted molar refractivity (Wildman–Crippen MR) is 128 cm³/mol. The molecule has 8 nitrogen and oxygen atoms in total. The number of hydrogen-bond donors (Lipinski definition) is 2. The molecule has 172 valence electrons. The molecule has 2 N–H and O–H groups in total. The summed E-state index contributed by atoms with van der Waals surface area (Å²) >= 11 is 0. The zero-order valence-electron chi connectivity index (χ0n) is 18.9. The number of fused-ring (bicyclic) bond motifs is 1. The normalized spacial score (nSPS) is 14.6. The van der Waals surface area contributed by atoms with Gasteiger partial charge < -0.3 is 14.4 Å². The molecule has 0 spiro atoms. The van der Waals surface area contributed by atoms with Crippen LogP contribution in [0.3, 0.4) is 0 Å². The maximum absolute atomic E-state index is 11.4. The van der Waals surface area contributed by atoms with Gasteiger partial charge in [0.25, 0.3) is 0 Å². The van der Waals surface area contributed by atoms with E-state index in [2.05, 4.69) is 20.3 Å². The number of aromatic nitrogens is 5. The zero-order chi connectivity index (χ0) is 23.1. The van der Waals surface area contributed by atoms with E-state index in [1.807, 2.05) is 47.0 Å². The van der Waals surface area contributed by atoms with E-state index in [1.165, 1.54) is 19.3 Å². The average Bonchev–Trinajstić information content (AvgIpc) is 3.63. The second-order valence-electron chi connectivity index (χ2n) is 8.72. The highest BCUT2D eigenvalue weighted by Gasteiger charge is 2.30. The van der Waals surface area contributed by atoms with Crippen LogP contribution in [0.1, 0.15) is 43.7 Å². The van der Waals surface area contributed by atoms with E-state index in [0.29, 0.717) is 17.3 Å². The standard InChI is InChI=1S/C26H25N5O3/c1-33-21-12-9-18(15-27-21)23-22-24(29-28-23)26(32)31(25(22)17-5-3-2-4-6-17)19-10-7-16(8-11-19)20-13-14-34-30-20/h7-15,17,29,32H,2-6H2,1H3. The molecule has 0 unspecified atom stereocenters. The summed E-state index contributed by atoms with van der Waals surface area (Å²) < 4.78 is 12.2. The first-order valence-electron chi connectivity index (χ1n) is 11.6. The molecular weight excluding hydrogens is 430 g/mol. The monoisotopic (exact) mass is 455 g/mol. The molecule has 5 aromatic rings. The Morgan fingerprint density at radius 1 is 1.03 bits per heavy atom. The van der Waals surface area contributed by atoms with Crippen molar-refractivity contribution in [1.29, 1.82) is 0 Å². The van der Waals surface area contributed by atoms with Crippen LogP contribution in [0.5, 0.6) is 11.8 Å². The number of rotatable bonds is 5. The van der Waals surface area contributed by atoms with E-state index in [4.69, 9.17) is 9.26 Å². The molecule has 0 radical (unpaired) electrons. The smallest absolute Gasteiger partial charge is 0.222 e. The number of methoxy groups -OCH3 is 1. The Labute approximate surface area is 196 Å². The van der Waals surface area contributed by atoms with Gasteiger partial charge in [-0.3, -0.25) is 9.67 Å². The van der Waals surface area contributed by atoms with E-state index in [-0.39, 0.29) is 5.88 Å². The van der Waals surface area contributed by atoms with Gasteiger partial charge in [-0.1, -0.05) is 36.6 Å². The third-order valence-corrected chi connectivity index (χ3v) is 6.77. The highest BCUT2D eigenvalue weighted by molar-refractivity contribution is 5.99. The molecule has 0 amide bonds. The summed E-state index contributed by atoms with van der Waals surface area (Å²) in [4.78, 5) is 4.36. The molecule has 0 atom stereocenters. The number of hydrogen-bond acceptors (Lipinski definition) is 6. The van der Waals surface area contributed by atoms with Crippen molar-refractivity contribution in [1.82, 2.24) is 24.9 Å². The van der Waals surface area contributed by atoms with Gasteiger partial charge in [-0.15, -0.1) is 0 Å². The largest absolute Gasteiger partial charge is 0.493 e. The molecule has 1 saturated carbocycles. The number of pyridine rings is 1. The van der Waals surface area contributed by atoms with Gasteiger partial charge in [-0.25, -0.2) is 4.98 Å².